The van der Waals surface area contributed by atoms with Crippen molar-refractivity contribution >= 4 is 17.7 Å². The third-order valence-electron chi connectivity index (χ3n) is 3.38. The van der Waals surface area contributed by atoms with E-state index in [1.165, 1.54) is 11.8 Å². The van der Waals surface area contributed by atoms with Gasteiger partial charge in [0.15, 0.2) is 11.0 Å². The van der Waals surface area contributed by atoms with Gasteiger partial charge in [0, 0.05) is 25.8 Å². The van der Waals surface area contributed by atoms with Crippen LogP contribution >= 0.6 is 11.8 Å². The Morgan fingerprint density at radius 1 is 1.39 bits per heavy atom. The van der Waals surface area contributed by atoms with Crippen LogP contribution < -0.4 is 5.32 Å². The second-order valence-electron chi connectivity index (χ2n) is 5.39. The number of hydrogen-bond donors (Lipinski definition) is 1. The normalized spacial score (nSPS) is 12.2. The Bertz CT molecular complexity index is 672. The summed E-state index contributed by atoms with van der Waals surface area (Å²) >= 11 is 1.37. The lowest BCUT2D eigenvalue weighted by Crippen LogP contribution is -2.36. The standard InChI is InChI=1S/C16H22N4O2S/c1-11-7-5-6-8-13(11)15-18-19-16(20(15)3)23-10-14(21)17-12(2)9-22-4/h5-8,12H,9-10H2,1-4H3,(H,17,21)/t12-/m1/s1. The Labute approximate surface area is 140 Å². The Balaban J connectivity index is 2.00. The zero-order chi connectivity index (χ0) is 16.8. The first-order valence-electron chi connectivity index (χ1n) is 7.39. The molecule has 1 aromatic carbocycles. The Hall–Kier alpha value is -1.86. The maximum atomic E-state index is 11.9. The van der Waals surface area contributed by atoms with Gasteiger partial charge in [0.05, 0.1) is 12.4 Å². The zero-order valence-corrected chi connectivity index (χ0v) is 14.7. The Kier molecular flexibility index (Phi) is 6.18. The fourth-order valence-electron chi connectivity index (χ4n) is 2.24. The largest absolute Gasteiger partial charge is 0.383 e. The first-order chi connectivity index (χ1) is 11.0. The first-order valence-corrected chi connectivity index (χ1v) is 8.38. The van der Waals surface area contributed by atoms with Gasteiger partial charge >= 0.3 is 0 Å². The van der Waals surface area contributed by atoms with Gasteiger partial charge in [-0.25, -0.2) is 0 Å². The summed E-state index contributed by atoms with van der Waals surface area (Å²) < 4.78 is 6.92. The molecular weight excluding hydrogens is 312 g/mol. The fourth-order valence-corrected chi connectivity index (χ4v) is 2.96. The summed E-state index contributed by atoms with van der Waals surface area (Å²) in [6.07, 6.45) is 0. The number of aryl methyl sites for hydroxylation is 1. The number of ether oxygens (including phenoxy) is 1. The summed E-state index contributed by atoms with van der Waals surface area (Å²) in [5.74, 6) is 1.06. The lowest BCUT2D eigenvalue weighted by molar-refractivity contribution is -0.119. The highest BCUT2D eigenvalue weighted by atomic mass is 32.2. The summed E-state index contributed by atoms with van der Waals surface area (Å²) in [5.41, 5.74) is 2.19. The molecular formula is C16H22N4O2S. The predicted molar refractivity (Wildman–Crippen MR) is 91.4 cm³/mol. The number of amides is 1. The van der Waals surface area contributed by atoms with Gasteiger partial charge in [0.1, 0.15) is 0 Å². The quantitative estimate of drug-likeness (QED) is 0.785. The van der Waals surface area contributed by atoms with Crippen LogP contribution in [0.1, 0.15) is 12.5 Å². The van der Waals surface area contributed by atoms with Crippen molar-refractivity contribution in [2.75, 3.05) is 19.5 Å². The smallest absolute Gasteiger partial charge is 0.230 e. The van der Waals surface area contributed by atoms with Crippen LogP contribution in [0.4, 0.5) is 0 Å². The number of methoxy groups -OCH3 is 1. The fraction of sp³-hybridized carbons (Fsp3) is 0.438. The molecule has 1 heterocycles. The second-order valence-corrected chi connectivity index (χ2v) is 6.34. The molecule has 1 amide bonds. The lowest BCUT2D eigenvalue weighted by atomic mass is 10.1. The van der Waals surface area contributed by atoms with Crippen molar-refractivity contribution in [1.82, 2.24) is 20.1 Å². The summed E-state index contributed by atoms with van der Waals surface area (Å²) in [4.78, 5) is 11.9. The van der Waals surface area contributed by atoms with Gasteiger partial charge in [-0.05, 0) is 19.4 Å². The molecule has 1 aromatic heterocycles. The summed E-state index contributed by atoms with van der Waals surface area (Å²) in [5, 5.41) is 12.0. The average molecular weight is 334 g/mol. The minimum absolute atomic E-state index is 0.00451. The van der Waals surface area contributed by atoms with E-state index in [0.717, 1.165) is 22.1 Å². The number of hydrogen-bond acceptors (Lipinski definition) is 5. The molecule has 0 bridgehead atoms. The van der Waals surface area contributed by atoms with Gasteiger partial charge in [0.2, 0.25) is 5.91 Å². The molecule has 2 rings (SSSR count). The van der Waals surface area contributed by atoms with Crippen molar-refractivity contribution in [3.63, 3.8) is 0 Å². The van der Waals surface area contributed by atoms with Crippen molar-refractivity contribution in [2.24, 2.45) is 7.05 Å². The van der Waals surface area contributed by atoms with Gasteiger partial charge in [-0.3, -0.25) is 4.79 Å². The Morgan fingerprint density at radius 3 is 2.83 bits per heavy atom. The SMILES string of the molecule is COC[C@@H](C)NC(=O)CSc1nnc(-c2ccccc2C)n1C. The van der Waals surface area contributed by atoms with Gasteiger partial charge in [0.25, 0.3) is 0 Å². The highest BCUT2D eigenvalue weighted by molar-refractivity contribution is 7.99. The number of carbonyl (C=O) groups is 1. The van der Waals surface area contributed by atoms with E-state index in [2.05, 4.69) is 15.5 Å². The van der Waals surface area contributed by atoms with E-state index in [1.807, 2.05) is 49.7 Å². The van der Waals surface area contributed by atoms with E-state index >= 15 is 0 Å². The molecule has 0 fully saturated rings. The maximum Gasteiger partial charge on any atom is 0.230 e. The van der Waals surface area contributed by atoms with Gasteiger partial charge in [-0.2, -0.15) is 0 Å². The number of nitrogens with one attached hydrogen (secondary N) is 1. The van der Waals surface area contributed by atoms with Gasteiger partial charge in [-0.15, -0.1) is 10.2 Å². The average Bonchev–Trinajstić information content (AvgIpc) is 2.87. The number of nitrogens with zero attached hydrogens (tertiary/aromatic N) is 3. The molecule has 7 heteroatoms. The monoisotopic (exact) mass is 334 g/mol. The number of carbonyl (C=O) groups excluding carboxylic acids is 1. The molecule has 0 unspecified atom stereocenters. The van der Waals surface area contributed by atoms with Crippen LogP contribution in [0.3, 0.4) is 0 Å². The first kappa shape index (κ1) is 17.5. The number of aromatic nitrogens is 3. The third kappa shape index (κ3) is 4.56. The van der Waals surface area contributed by atoms with Crippen LogP contribution in [0.25, 0.3) is 11.4 Å². The van der Waals surface area contributed by atoms with Crippen molar-refractivity contribution in [3.8, 4) is 11.4 Å². The van der Waals surface area contributed by atoms with Crippen LogP contribution in [0.15, 0.2) is 29.4 Å². The van der Waals surface area contributed by atoms with Crippen molar-refractivity contribution < 1.29 is 9.53 Å². The number of rotatable bonds is 7. The van der Waals surface area contributed by atoms with Crippen molar-refractivity contribution in [2.45, 2.75) is 25.0 Å². The van der Waals surface area contributed by atoms with Crippen LogP contribution in [-0.2, 0) is 16.6 Å². The lowest BCUT2D eigenvalue weighted by Gasteiger charge is -2.12. The molecule has 6 nitrogen and oxygen atoms in total. The minimum Gasteiger partial charge on any atom is -0.383 e. The van der Waals surface area contributed by atoms with Gasteiger partial charge in [-0.1, -0.05) is 36.0 Å². The topological polar surface area (TPSA) is 69.0 Å². The van der Waals surface area contributed by atoms with Crippen LogP contribution in [0, 0.1) is 6.92 Å². The molecule has 2 aromatic rings. The number of thioether (sulfide) groups is 1. The van der Waals surface area contributed by atoms with Gasteiger partial charge < -0.3 is 14.6 Å². The van der Waals surface area contributed by atoms with Crippen LogP contribution in [-0.4, -0.2) is 46.2 Å². The molecule has 0 saturated heterocycles. The van der Waals surface area contributed by atoms with E-state index in [0.29, 0.717) is 12.4 Å². The minimum atomic E-state index is -0.0417. The molecule has 1 atom stereocenters. The van der Waals surface area contributed by atoms with E-state index in [1.54, 1.807) is 7.11 Å². The van der Waals surface area contributed by atoms with E-state index in [4.69, 9.17) is 4.74 Å². The van der Waals surface area contributed by atoms with Crippen LogP contribution in [0.5, 0.6) is 0 Å². The molecule has 23 heavy (non-hydrogen) atoms. The summed E-state index contributed by atoms with van der Waals surface area (Å²) in [6.45, 7) is 4.45. The molecule has 124 valence electrons. The van der Waals surface area contributed by atoms with Crippen molar-refractivity contribution in [1.29, 1.82) is 0 Å². The van der Waals surface area contributed by atoms with Crippen molar-refractivity contribution in [3.05, 3.63) is 29.8 Å². The zero-order valence-electron chi connectivity index (χ0n) is 13.9. The highest BCUT2D eigenvalue weighted by Gasteiger charge is 2.14. The predicted octanol–water partition coefficient (Wildman–Crippen LogP) is 2.03. The second kappa shape index (κ2) is 8.12. The maximum absolute atomic E-state index is 11.9. The Morgan fingerprint density at radius 2 is 2.13 bits per heavy atom. The van der Waals surface area contributed by atoms with E-state index in [-0.39, 0.29) is 11.9 Å². The summed E-state index contributed by atoms with van der Waals surface area (Å²) in [7, 11) is 3.53. The van der Waals surface area contributed by atoms with Crippen LogP contribution in [0.2, 0.25) is 0 Å². The molecule has 0 aliphatic heterocycles. The molecule has 0 radical (unpaired) electrons. The molecule has 0 saturated carbocycles. The molecule has 0 aliphatic rings. The molecule has 0 aliphatic carbocycles. The van der Waals surface area contributed by atoms with E-state index < -0.39 is 0 Å². The highest BCUT2D eigenvalue weighted by Crippen LogP contribution is 2.24. The summed E-state index contributed by atoms with van der Waals surface area (Å²) in [6, 6.07) is 8.04. The number of benzene rings is 1. The third-order valence-corrected chi connectivity index (χ3v) is 4.40. The molecule has 1 N–H and O–H groups in total. The molecule has 0 spiro atoms. The van der Waals surface area contributed by atoms with E-state index in [9.17, 15) is 4.79 Å².